The van der Waals surface area contributed by atoms with Gasteiger partial charge in [0.2, 0.25) is 0 Å². The molecule has 2 rings (SSSR count). The van der Waals surface area contributed by atoms with Gasteiger partial charge in [-0.15, -0.1) is 0 Å². The van der Waals surface area contributed by atoms with E-state index >= 15 is 0 Å². The fourth-order valence-electron chi connectivity index (χ4n) is 2.40. The van der Waals surface area contributed by atoms with Gasteiger partial charge in [-0.3, -0.25) is 9.10 Å². The molecule has 1 N–H and O–H groups in total. The van der Waals surface area contributed by atoms with Crippen molar-refractivity contribution in [3.05, 3.63) is 54.6 Å². The predicted octanol–water partition coefficient (Wildman–Crippen LogP) is 2.04. The lowest BCUT2D eigenvalue weighted by molar-refractivity contribution is -0.124. The number of carbonyl (C=O) groups excluding carboxylic acids is 1. The normalized spacial score (nSPS) is 12.3. The van der Waals surface area contributed by atoms with E-state index < -0.39 is 10.0 Å². The van der Waals surface area contributed by atoms with E-state index in [2.05, 4.69) is 5.32 Å². The summed E-state index contributed by atoms with van der Waals surface area (Å²) < 4.78 is 36.8. The Labute approximate surface area is 160 Å². The van der Waals surface area contributed by atoms with Gasteiger partial charge in [0.1, 0.15) is 5.75 Å². The number of amides is 1. The third-order valence-electron chi connectivity index (χ3n) is 3.80. The quantitative estimate of drug-likeness (QED) is 0.706. The average molecular weight is 392 g/mol. The van der Waals surface area contributed by atoms with Crippen molar-refractivity contribution in [3.63, 3.8) is 0 Å². The largest absolute Gasteiger partial charge is 0.484 e. The van der Waals surface area contributed by atoms with Gasteiger partial charge in [0.05, 0.1) is 17.2 Å². The summed E-state index contributed by atoms with van der Waals surface area (Å²) in [4.78, 5) is 12.0. The summed E-state index contributed by atoms with van der Waals surface area (Å²) in [6, 6.07) is 14.6. The molecule has 0 aromatic heterocycles. The van der Waals surface area contributed by atoms with Gasteiger partial charge in [-0.1, -0.05) is 18.2 Å². The minimum absolute atomic E-state index is 0.106. The van der Waals surface area contributed by atoms with E-state index in [-0.39, 0.29) is 23.5 Å². The molecule has 0 heterocycles. The topological polar surface area (TPSA) is 84.9 Å². The summed E-state index contributed by atoms with van der Waals surface area (Å²) in [5.74, 6) is 0.214. The zero-order valence-electron chi connectivity index (χ0n) is 15.6. The highest BCUT2D eigenvalue weighted by Gasteiger charge is 2.20. The third kappa shape index (κ3) is 5.70. The Hall–Kier alpha value is -2.58. The summed E-state index contributed by atoms with van der Waals surface area (Å²) in [6.45, 7) is 2.12. The number of hydrogen-bond acceptors (Lipinski definition) is 5. The highest BCUT2D eigenvalue weighted by atomic mass is 32.2. The molecule has 0 aliphatic heterocycles. The zero-order valence-corrected chi connectivity index (χ0v) is 16.4. The second kappa shape index (κ2) is 9.38. The highest BCUT2D eigenvalue weighted by Crippen LogP contribution is 2.24. The Morgan fingerprint density at radius 1 is 1.11 bits per heavy atom. The second-order valence-corrected chi connectivity index (χ2v) is 7.96. The molecule has 8 heteroatoms. The van der Waals surface area contributed by atoms with Crippen molar-refractivity contribution < 1.29 is 22.7 Å². The maximum atomic E-state index is 12.6. The van der Waals surface area contributed by atoms with Crippen molar-refractivity contribution in [1.29, 1.82) is 0 Å². The van der Waals surface area contributed by atoms with Crippen LogP contribution in [0, 0.1) is 0 Å². The van der Waals surface area contributed by atoms with Crippen molar-refractivity contribution >= 4 is 21.6 Å². The first-order valence-corrected chi connectivity index (χ1v) is 9.83. The van der Waals surface area contributed by atoms with E-state index in [0.29, 0.717) is 18.0 Å². The number of ether oxygens (including phenoxy) is 2. The smallest absolute Gasteiger partial charge is 0.264 e. The van der Waals surface area contributed by atoms with Crippen LogP contribution >= 0.6 is 0 Å². The number of hydrogen-bond donors (Lipinski definition) is 1. The molecule has 0 saturated carbocycles. The highest BCUT2D eigenvalue weighted by molar-refractivity contribution is 7.92. The van der Waals surface area contributed by atoms with E-state index in [0.717, 1.165) is 0 Å². The maximum absolute atomic E-state index is 12.6. The molecule has 0 aliphatic rings. The Bertz CT molecular complexity index is 838. The molecule has 0 saturated heterocycles. The van der Waals surface area contributed by atoms with Gasteiger partial charge in [-0.05, 0) is 43.3 Å². The molecule has 1 amide bonds. The van der Waals surface area contributed by atoms with Gasteiger partial charge in [0.15, 0.2) is 6.61 Å². The number of nitrogens with one attached hydrogen (secondary N) is 1. The van der Waals surface area contributed by atoms with E-state index in [9.17, 15) is 13.2 Å². The van der Waals surface area contributed by atoms with Crippen LogP contribution in [0.1, 0.15) is 6.92 Å². The summed E-state index contributed by atoms with van der Waals surface area (Å²) in [5, 5.41) is 2.74. The molecule has 1 atom stereocenters. The van der Waals surface area contributed by atoms with E-state index in [1.165, 1.54) is 11.4 Å². The molecule has 2 aromatic carbocycles. The number of nitrogens with zero attached hydrogens (tertiary/aromatic N) is 1. The predicted molar refractivity (Wildman–Crippen MR) is 103 cm³/mol. The van der Waals surface area contributed by atoms with Crippen LogP contribution in [0.25, 0.3) is 0 Å². The van der Waals surface area contributed by atoms with Crippen molar-refractivity contribution in [2.24, 2.45) is 0 Å². The molecule has 0 spiro atoms. The van der Waals surface area contributed by atoms with Crippen LogP contribution in [0.3, 0.4) is 0 Å². The summed E-state index contributed by atoms with van der Waals surface area (Å²) in [5.41, 5.74) is 0.490. The zero-order chi connectivity index (χ0) is 19.9. The molecule has 0 unspecified atom stereocenters. The van der Waals surface area contributed by atoms with Crippen LogP contribution < -0.4 is 14.4 Å². The van der Waals surface area contributed by atoms with Crippen molar-refractivity contribution in [2.45, 2.75) is 17.9 Å². The lowest BCUT2D eigenvalue weighted by Gasteiger charge is -2.20. The lowest BCUT2D eigenvalue weighted by Crippen LogP contribution is -2.38. The molecular weight excluding hydrogens is 368 g/mol. The van der Waals surface area contributed by atoms with Crippen molar-refractivity contribution in [2.75, 3.05) is 31.7 Å². The molecule has 0 fully saturated rings. The van der Waals surface area contributed by atoms with Crippen LogP contribution in [-0.2, 0) is 19.6 Å². The Kier molecular flexibility index (Phi) is 7.20. The molecule has 7 nitrogen and oxygen atoms in total. The molecule has 27 heavy (non-hydrogen) atoms. The molecular formula is C19H24N2O5S. The van der Waals surface area contributed by atoms with E-state index in [1.807, 2.05) is 6.92 Å². The fourth-order valence-corrected chi connectivity index (χ4v) is 3.62. The average Bonchev–Trinajstić information content (AvgIpc) is 2.67. The van der Waals surface area contributed by atoms with Crippen LogP contribution in [0.5, 0.6) is 5.75 Å². The standard InChI is InChI=1S/C19H24N2O5S/c1-15(13-25-3)20-19(22)14-26-17-11-9-16(10-12-17)21(2)27(23,24)18-7-5-4-6-8-18/h4-12,15H,13-14H2,1-3H3,(H,20,22)/t15-/m0/s1. The van der Waals surface area contributed by atoms with Gasteiger partial charge < -0.3 is 14.8 Å². The molecule has 146 valence electrons. The van der Waals surface area contributed by atoms with Gasteiger partial charge >= 0.3 is 0 Å². The van der Waals surface area contributed by atoms with Crippen LogP contribution in [-0.4, -0.2) is 47.7 Å². The molecule has 0 aliphatic carbocycles. The van der Waals surface area contributed by atoms with Gasteiger partial charge in [-0.2, -0.15) is 0 Å². The number of sulfonamides is 1. The number of benzene rings is 2. The van der Waals surface area contributed by atoms with Crippen LogP contribution in [0.4, 0.5) is 5.69 Å². The Morgan fingerprint density at radius 3 is 2.33 bits per heavy atom. The number of carbonyl (C=O) groups is 1. The Morgan fingerprint density at radius 2 is 1.74 bits per heavy atom. The number of anilines is 1. The first-order valence-electron chi connectivity index (χ1n) is 8.39. The van der Waals surface area contributed by atoms with Crippen molar-refractivity contribution in [1.82, 2.24) is 5.32 Å². The summed E-state index contributed by atoms with van der Waals surface area (Å²) in [6.07, 6.45) is 0. The summed E-state index contributed by atoms with van der Waals surface area (Å²) in [7, 11) is -0.579. The minimum Gasteiger partial charge on any atom is -0.484 e. The molecule has 2 aromatic rings. The van der Waals surface area contributed by atoms with Crippen LogP contribution in [0.2, 0.25) is 0 Å². The number of rotatable bonds is 9. The summed E-state index contributed by atoms with van der Waals surface area (Å²) >= 11 is 0. The Balaban J connectivity index is 1.97. The number of methoxy groups -OCH3 is 1. The first-order chi connectivity index (χ1) is 12.8. The SMILES string of the molecule is COC[C@H](C)NC(=O)COc1ccc(N(C)S(=O)(=O)c2ccccc2)cc1. The van der Waals surface area contributed by atoms with E-state index in [1.54, 1.807) is 61.7 Å². The van der Waals surface area contributed by atoms with Gasteiger partial charge in [0, 0.05) is 20.2 Å². The fraction of sp³-hybridized carbons (Fsp3) is 0.316. The molecule has 0 bridgehead atoms. The monoisotopic (exact) mass is 392 g/mol. The van der Waals surface area contributed by atoms with Crippen molar-refractivity contribution in [3.8, 4) is 5.75 Å². The molecule has 0 radical (unpaired) electrons. The maximum Gasteiger partial charge on any atom is 0.264 e. The second-order valence-electron chi connectivity index (χ2n) is 5.99. The minimum atomic E-state index is -3.63. The van der Waals surface area contributed by atoms with E-state index in [4.69, 9.17) is 9.47 Å². The van der Waals surface area contributed by atoms with Gasteiger partial charge in [-0.25, -0.2) is 8.42 Å². The lowest BCUT2D eigenvalue weighted by atomic mass is 10.3. The third-order valence-corrected chi connectivity index (χ3v) is 5.60. The first kappa shape index (κ1) is 20.7. The van der Waals surface area contributed by atoms with Gasteiger partial charge in [0.25, 0.3) is 15.9 Å². The van der Waals surface area contributed by atoms with Crippen LogP contribution in [0.15, 0.2) is 59.5 Å².